The molecule has 1 fully saturated rings. The van der Waals surface area contributed by atoms with Gasteiger partial charge in [-0.2, -0.15) is 0 Å². The third-order valence-corrected chi connectivity index (χ3v) is 8.33. The van der Waals surface area contributed by atoms with E-state index >= 15 is 0 Å². The number of carbonyl (C=O) groups excluding carboxylic acids is 2. The fourth-order valence-electron chi connectivity index (χ4n) is 5.10. The lowest BCUT2D eigenvalue weighted by Crippen LogP contribution is -2.51. The fraction of sp³-hybridized carbons (Fsp3) is 0.533. The first-order chi connectivity index (χ1) is 18.6. The minimum absolute atomic E-state index is 0.113. The molecule has 1 N–H and O–H groups in total. The fourth-order valence-corrected chi connectivity index (χ4v) is 6.07. The molecule has 2 aromatic carbocycles. The Kier molecular flexibility index (Phi) is 11.2. The summed E-state index contributed by atoms with van der Waals surface area (Å²) in [5, 5.41) is 3.16. The summed E-state index contributed by atoms with van der Waals surface area (Å²) in [6.07, 6.45) is 6.22. The molecule has 3 rings (SSSR count). The predicted molar refractivity (Wildman–Crippen MR) is 155 cm³/mol. The molecule has 0 radical (unpaired) electrons. The van der Waals surface area contributed by atoms with Crippen LogP contribution in [0.25, 0.3) is 0 Å². The molecule has 0 saturated heterocycles. The highest BCUT2D eigenvalue weighted by Gasteiger charge is 2.31. The van der Waals surface area contributed by atoms with Crippen molar-refractivity contribution in [3.63, 3.8) is 0 Å². The van der Waals surface area contributed by atoms with E-state index in [2.05, 4.69) is 5.32 Å². The summed E-state index contributed by atoms with van der Waals surface area (Å²) >= 11 is 0. The number of sulfonamides is 1. The van der Waals surface area contributed by atoms with Crippen LogP contribution in [-0.2, 0) is 26.2 Å². The SMILES string of the molecule is CCOc1ccccc1N(CCCC(=O)N(Cc1ccc(C)cc1)[C@@H](CC)C(=O)NC1CCCC1)S(C)(=O)=O. The number of hydrogen-bond donors (Lipinski definition) is 1. The van der Waals surface area contributed by atoms with E-state index in [4.69, 9.17) is 4.74 Å². The van der Waals surface area contributed by atoms with Crippen LogP contribution in [0.4, 0.5) is 5.69 Å². The molecule has 9 heteroatoms. The van der Waals surface area contributed by atoms with Gasteiger partial charge in [0.25, 0.3) is 0 Å². The van der Waals surface area contributed by atoms with Crippen LogP contribution in [0.15, 0.2) is 48.5 Å². The number of para-hydroxylation sites is 2. The number of nitrogens with one attached hydrogen (secondary N) is 1. The van der Waals surface area contributed by atoms with Crippen LogP contribution >= 0.6 is 0 Å². The first kappa shape index (κ1) is 30.5. The van der Waals surface area contributed by atoms with E-state index < -0.39 is 16.1 Å². The van der Waals surface area contributed by atoms with E-state index in [1.807, 2.05) is 45.0 Å². The van der Waals surface area contributed by atoms with Crippen molar-refractivity contribution in [3.05, 3.63) is 59.7 Å². The summed E-state index contributed by atoms with van der Waals surface area (Å²) in [5.74, 6) is 0.191. The first-order valence-electron chi connectivity index (χ1n) is 14.0. The normalized spacial score (nSPS) is 14.6. The number of anilines is 1. The van der Waals surface area contributed by atoms with Crippen LogP contribution in [0.1, 0.15) is 69.9 Å². The molecule has 0 unspecified atom stereocenters. The van der Waals surface area contributed by atoms with E-state index in [1.54, 1.807) is 29.2 Å². The molecule has 1 aliphatic carbocycles. The summed E-state index contributed by atoms with van der Waals surface area (Å²) in [4.78, 5) is 28.6. The van der Waals surface area contributed by atoms with Crippen molar-refractivity contribution < 1.29 is 22.7 Å². The lowest BCUT2D eigenvalue weighted by atomic mass is 10.1. The van der Waals surface area contributed by atoms with Gasteiger partial charge in [0.1, 0.15) is 11.8 Å². The summed E-state index contributed by atoms with van der Waals surface area (Å²) in [7, 11) is -3.61. The molecule has 0 aliphatic heterocycles. The quantitative estimate of drug-likeness (QED) is 0.360. The van der Waals surface area contributed by atoms with Crippen molar-refractivity contribution in [2.24, 2.45) is 0 Å². The van der Waals surface area contributed by atoms with Crippen LogP contribution in [-0.4, -0.2) is 56.6 Å². The monoisotopic (exact) mass is 557 g/mol. The second-order valence-corrected chi connectivity index (χ2v) is 12.2. The zero-order valence-corrected chi connectivity index (χ0v) is 24.5. The third-order valence-electron chi connectivity index (χ3n) is 7.15. The van der Waals surface area contributed by atoms with Gasteiger partial charge in [-0.05, 0) is 57.2 Å². The van der Waals surface area contributed by atoms with E-state index in [1.165, 1.54) is 4.31 Å². The van der Waals surface area contributed by atoms with E-state index in [9.17, 15) is 18.0 Å². The van der Waals surface area contributed by atoms with Crippen LogP contribution in [0.2, 0.25) is 0 Å². The molecule has 0 heterocycles. The topological polar surface area (TPSA) is 96.0 Å². The van der Waals surface area contributed by atoms with Gasteiger partial charge in [0.2, 0.25) is 21.8 Å². The maximum absolute atomic E-state index is 13.6. The second-order valence-electron chi connectivity index (χ2n) is 10.3. The van der Waals surface area contributed by atoms with Crippen LogP contribution in [0.5, 0.6) is 5.75 Å². The van der Waals surface area contributed by atoms with Gasteiger partial charge in [-0.15, -0.1) is 0 Å². The Labute approximate surface area is 233 Å². The van der Waals surface area contributed by atoms with Crippen molar-refractivity contribution in [2.45, 2.75) is 84.3 Å². The molecule has 1 atom stereocenters. The molecular weight excluding hydrogens is 514 g/mol. The Morgan fingerprint density at radius 2 is 1.72 bits per heavy atom. The summed E-state index contributed by atoms with van der Waals surface area (Å²) in [6, 6.07) is 14.5. The van der Waals surface area contributed by atoms with Gasteiger partial charge in [0, 0.05) is 25.6 Å². The number of hydrogen-bond acceptors (Lipinski definition) is 5. The molecule has 214 valence electrons. The number of ether oxygens (including phenoxy) is 1. The molecule has 1 saturated carbocycles. The lowest BCUT2D eigenvalue weighted by Gasteiger charge is -2.32. The number of carbonyl (C=O) groups is 2. The van der Waals surface area contributed by atoms with Gasteiger partial charge in [0.05, 0.1) is 18.6 Å². The van der Waals surface area contributed by atoms with E-state index in [0.29, 0.717) is 37.4 Å². The van der Waals surface area contributed by atoms with Gasteiger partial charge < -0.3 is 15.0 Å². The van der Waals surface area contributed by atoms with Crippen molar-refractivity contribution in [1.29, 1.82) is 0 Å². The molecule has 2 aromatic rings. The van der Waals surface area contributed by atoms with E-state index in [-0.39, 0.29) is 30.8 Å². The average Bonchev–Trinajstić information content (AvgIpc) is 3.40. The highest BCUT2D eigenvalue weighted by atomic mass is 32.2. The zero-order chi connectivity index (χ0) is 28.4. The number of aryl methyl sites for hydroxylation is 1. The van der Waals surface area contributed by atoms with Gasteiger partial charge in [-0.25, -0.2) is 8.42 Å². The molecule has 1 aliphatic rings. The average molecular weight is 558 g/mol. The standard InChI is InChI=1S/C30H43N3O5S/c1-5-26(30(35)31-25-12-7-8-13-25)32(22-24-19-17-23(3)18-20-24)29(34)16-11-21-33(39(4,36)37)27-14-9-10-15-28(27)38-6-2/h9-10,14-15,17-20,25-26H,5-8,11-13,16,21-22H2,1-4H3,(H,31,35)/t26-/m0/s1. The van der Waals surface area contributed by atoms with Crippen molar-refractivity contribution in [3.8, 4) is 5.75 Å². The molecular formula is C30H43N3O5S. The van der Waals surface area contributed by atoms with Gasteiger partial charge in [-0.1, -0.05) is 61.7 Å². The maximum Gasteiger partial charge on any atom is 0.243 e. The number of nitrogens with zero attached hydrogens (tertiary/aromatic N) is 2. The minimum Gasteiger partial charge on any atom is -0.492 e. The Hall–Kier alpha value is -3.07. The van der Waals surface area contributed by atoms with Gasteiger partial charge >= 0.3 is 0 Å². The maximum atomic E-state index is 13.6. The summed E-state index contributed by atoms with van der Waals surface area (Å²) < 4.78 is 32.3. The number of rotatable bonds is 14. The molecule has 39 heavy (non-hydrogen) atoms. The molecule has 0 aromatic heterocycles. The Balaban J connectivity index is 1.77. The van der Waals surface area contributed by atoms with Gasteiger partial charge in [-0.3, -0.25) is 13.9 Å². The Bertz CT molecular complexity index is 1190. The van der Waals surface area contributed by atoms with Gasteiger partial charge in [0.15, 0.2) is 0 Å². The van der Waals surface area contributed by atoms with Crippen LogP contribution < -0.4 is 14.4 Å². The summed E-state index contributed by atoms with van der Waals surface area (Å²) in [6.45, 7) is 6.62. The lowest BCUT2D eigenvalue weighted by molar-refractivity contribution is -0.141. The number of benzene rings is 2. The minimum atomic E-state index is -3.61. The zero-order valence-electron chi connectivity index (χ0n) is 23.7. The molecule has 0 spiro atoms. The first-order valence-corrected chi connectivity index (χ1v) is 15.8. The molecule has 8 nitrogen and oxygen atoms in total. The van der Waals surface area contributed by atoms with Crippen molar-refractivity contribution >= 4 is 27.5 Å². The molecule has 0 bridgehead atoms. The Morgan fingerprint density at radius 1 is 1.05 bits per heavy atom. The van der Waals surface area contributed by atoms with E-state index in [0.717, 1.165) is 43.1 Å². The third kappa shape index (κ3) is 8.71. The Morgan fingerprint density at radius 3 is 2.33 bits per heavy atom. The highest BCUT2D eigenvalue weighted by molar-refractivity contribution is 7.92. The largest absolute Gasteiger partial charge is 0.492 e. The highest BCUT2D eigenvalue weighted by Crippen LogP contribution is 2.30. The van der Waals surface area contributed by atoms with Crippen LogP contribution in [0, 0.1) is 6.92 Å². The number of amides is 2. The molecule has 2 amide bonds. The smallest absolute Gasteiger partial charge is 0.243 e. The van der Waals surface area contributed by atoms with Crippen molar-refractivity contribution in [2.75, 3.05) is 23.7 Å². The van der Waals surface area contributed by atoms with Crippen LogP contribution in [0.3, 0.4) is 0 Å². The van der Waals surface area contributed by atoms with Crippen molar-refractivity contribution in [1.82, 2.24) is 10.2 Å². The summed E-state index contributed by atoms with van der Waals surface area (Å²) in [5.41, 5.74) is 2.52. The second kappa shape index (κ2) is 14.4. The predicted octanol–water partition coefficient (Wildman–Crippen LogP) is 4.81.